The van der Waals surface area contributed by atoms with Crippen LogP contribution in [0.15, 0.2) is 46.5 Å². The van der Waals surface area contributed by atoms with E-state index in [9.17, 15) is 18.0 Å². The van der Waals surface area contributed by atoms with Crippen molar-refractivity contribution in [3.05, 3.63) is 46.9 Å². The molecule has 2 aromatic heterocycles. The summed E-state index contributed by atoms with van der Waals surface area (Å²) in [5.41, 5.74) is 0.768. The van der Waals surface area contributed by atoms with E-state index in [0.29, 0.717) is 27.6 Å². The van der Waals surface area contributed by atoms with Crippen LogP contribution in [0.1, 0.15) is 6.92 Å². The van der Waals surface area contributed by atoms with Crippen molar-refractivity contribution in [2.24, 2.45) is 0 Å². The van der Waals surface area contributed by atoms with Gasteiger partial charge in [0.05, 0.1) is 11.1 Å². The molecule has 0 spiro atoms. The largest absolute Gasteiger partial charge is 0.484 e. The number of ether oxygens (including phenoxy) is 1. The van der Waals surface area contributed by atoms with Gasteiger partial charge in [0.1, 0.15) is 11.4 Å². The van der Waals surface area contributed by atoms with Gasteiger partial charge < -0.3 is 9.72 Å². The van der Waals surface area contributed by atoms with Crippen molar-refractivity contribution in [2.75, 3.05) is 12.4 Å². The van der Waals surface area contributed by atoms with E-state index in [1.54, 1.807) is 12.3 Å². The van der Waals surface area contributed by atoms with E-state index < -0.39 is 12.8 Å². The van der Waals surface area contributed by atoms with E-state index >= 15 is 0 Å². The van der Waals surface area contributed by atoms with E-state index in [-0.39, 0.29) is 11.3 Å². The predicted molar refractivity (Wildman–Crippen MR) is 89.6 cm³/mol. The second kappa shape index (κ2) is 6.83. The zero-order valence-electron chi connectivity index (χ0n) is 13.1. The van der Waals surface area contributed by atoms with Gasteiger partial charge in [-0.25, -0.2) is 4.98 Å². The Kier molecular flexibility index (Phi) is 4.76. The molecule has 0 bridgehead atoms. The number of H-pyrrole nitrogens is 1. The molecule has 1 aromatic carbocycles. The Hall–Kier alpha value is -2.42. The summed E-state index contributed by atoms with van der Waals surface area (Å²) in [7, 11) is 0. The lowest BCUT2D eigenvalue weighted by atomic mass is 10.3. The minimum Gasteiger partial charge on any atom is -0.484 e. The highest BCUT2D eigenvalue weighted by molar-refractivity contribution is 7.99. The zero-order valence-corrected chi connectivity index (χ0v) is 13.9. The third-order valence-electron chi connectivity index (χ3n) is 3.33. The average Bonchev–Trinajstić information content (AvgIpc) is 3.02. The lowest BCUT2D eigenvalue weighted by Gasteiger charge is -2.13. The molecular formula is C16H14F3N3O2S. The topological polar surface area (TPSA) is 59.9 Å². The van der Waals surface area contributed by atoms with Crippen LogP contribution < -0.4 is 10.3 Å². The van der Waals surface area contributed by atoms with Gasteiger partial charge in [0.25, 0.3) is 5.56 Å². The van der Waals surface area contributed by atoms with E-state index in [0.717, 1.165) is 0 Å². The summed E-state index contributed by atoms with van der Waals surface area (Å²) in [4.78, 5) is 20.1. The van der Waals surface area contributed by atoms with Crippen molar-refractivity contribution in [1.82, 2.24) is 14.5 Å². The van der Waals surface area contributed by atoms with E-state index in [4.69, 9.17) is 0 Å². The number of aromatic nitrogens is 3. The number of aromatic amines is 1. The summed E-state index contributed by atoms with van der Waals surface area (Å²) >= 11 is 1.40. The number of rotatable bonds is 5. The SMILES string of the molecule is CCSc1nc2[nH]ccc2c(=O)n1-c1ccc(OCC(F)(F)F)cc1. The van der Waals surface area contributed by atoms with Gasteiger partial charge in [0.2, 0.25) is 0 Å². The number of benzene rings is 1. The van der Waals surface area contributed by atoms with Crippen LogP contribution in [0.5, 0.6) is 5.75 Å². The molecule has 3 rings (SSSR count). The monoisotopic (exact) mass is 369 g/mol. The Labute approximate surface area is 144 Å². The van der Waals surface area contributed by atoms with Crippen LogP contribution in [0.2, 0.25) is 0 Å². The molecule has 0 amide bonds. The summed E-state index contributed by atoms with van der Waals surface area (Å²) in [5.74, 6) is 0.792. The minimum absolute atomic E-state index is 0.0782. The van der Waals surface area contributed by atoms with Crippen LogP contribution in [-0.2, 0) is 0 Å². The van der Waals surface area contributed by atoms with Crippen LogP contribution in [0.3, 0.4) is 0 Å². The second-order valence-electron chi connectivity index (χ2n) is 5.11. The van der Waals surface area contributed by atoms with Gasteiger partial charge in [0.15, 0.2) is 11.8 Å². The number of nitrogens with zero attached hydrogens (tertiary/aromatic N) is 2. The summed E-state index contributed by atoms with van der Waals surface area (Å²) in [6, 6.07) is 7.51. The number of hydrogen-bond acceptors (Lipinski definition) is 4. The molecule has 0 aliphatic heterocycles. The number of halogens is 3. The van der Waals surface area contributed by atoms with Crippen molar-refractivity contribution < 1.29 is 17.9 Å². The molecule has 1 N–H and O–H groups in total. The molecular weight excluding hydrogens is 355 g/mol. The van der Waals surface area contributed by atoms with Crippen LogP contribution in [0.4, 0.5) is 13.2 Å². The maximum Gasteiger partial charge on any atom is 0.422 e. The Morgan fingerprint density at radius 2 is 1.96 bits per heavy atom. The van der Waals surface area contributed by atoms with Crippen molar-refractivity contribution in [1.29, 1.82) is 0 Å². The highest BCUT2D eigenvalue weighted by atomic mass is 32.2. The standard InChI is InChI=1S/C16H14F3N3O2S/c1-2-25-15-21-13-12(7-8-20-13)14(23)22(15)10-3-5-11(6-4-10)24-9-16(17,18)19/h3-8,20H,2,9H2,1H3. The molecule has 0 aliphatic carbocycles. The number of thioether (sulfide) groups is 1. The van der Waals surface area contributed by atoms with Crippen LogP contribution in [-0.4, -0.2) is 33.1 Å². The molecule has 0 radical (unpaired) electrons. The van der Waals surface area contributed by atoms with Gasteiger partial charge in [0, 0.05) is 6.20 Å². The zero-order chi connectivity index (χ0) is 18.0. The predicted octanol–water partition coefficient (Wildman–Crippen LogP) is 3.77. The van der Waals surface area contributed by atoms with Gasteiger partial charge in [-0.15, -0.1) is 0 Å². The first-order chi connectivity index (χ1) is 11.9. The molecule has 0 saturated heterocycles. The van der Waals surface area contributed by atoms with Crippen molar-refractivity contribution in [2.45, 2.75) is 18.3 Å². The Bertz CT molecular complexity index is 932. The molecule has 0 unspecified atom stereocenters. The lowest BCUT2D eigenvalue weighted by Crippen LogP contribution is -2.21. The average molecular weight is 369 g/mol. The fourth-order valence-electron chi connectivity index (χ4n) is 2.29. The van der Waals surface area contributed by atoms with Gasteiger partial charge in [-0.05, 0) is 36.1 Å². The fraction of sp³-hybridized carbons (Fsp3) is 0.250. The molecule has 25 heavy (non-hydrogen) atoms. The molecule has 3 aromatic rings. The molecule has 0 aliphatic rings. The molecule has 9 heteroatoms. The number of hydrogen-bond donors (Lipinski definition) is 1. The summed E-state index contributed by atoms with van der Waals surface area (Å²) in [5, 5.41) is 0.948. The second-order valence-corrected chi connectivity index (χ2v) is 6.34. The summed E-state index contributed by atoms with van der Waals surface area (Å²) in [6.07, 6.45) is -2.76. The van der Waals surface area contributed by atoms with Crippen LogP contribution in [0, 0.1) is 0 Å². The first-order valence-electron chi connectivity index (χ1n) is 7.42. The number of fused-ring (bicyclic) bond motifs is 1. The number of nitrogens with one attached hydrogen (secondary N) is 1. The highest BCUT2D eigenvalue weighted by Crippen LogP contribution is 2.23. The van der Waals surface area contributed by atoms with Gasteiger partial charge >= 0.3 is 6.18 Å². The maximum absolute atomic E-state index is 12.7. The van der Waals surface area contributed by atoms with Gasteiger partial charge in [-0.1, -0.05) is 18.7 Å². The number of alkyl halides is 3. The highest BCUT2D eigenvalue weighted by Gasteiger charge is 2.28. The van der Waals surface area contributed by atoms with Crippen molar-refractivity contribution >= 4 is 22.8 Å². The quantitative estimate of drug-likeness (QED) is 0.549. The Balaban J connectivity index is 1.99. The first-order valence-corrected chi connectivity index (χ1v) is 8.40. The normalized spacial score (nSPS) is 11.8. The molecule has 0 atom stereocenters. The third kappa shape index (κ3) is 3.81. The van der Waals surface area contributed by atoms with E-state index in [2.05, 4.69) is 14.7 Å². The Morgan fingerprint density at radius 1 is 1.24 bits per heavy atom. The fourth-order valence-corrected chi connectivity index (χ4v) is 3.02. The third-order valence-corrected chi connectivity index (χ3v) is 4.15. The summed E-state index contributed by atoms with van der Waals surface area (Å²) < 4.78 is 42.8. The van der Waals surface area contributed by atoms with Crippen molar-refractivity contribution in [3.63, 3.8) is 0 Å². The molecule has 0 fully saturated rings. The molecule has 2 heterocycles. The summed E-state index contributed by atoms with van der Waals surface area (Å²) in [6.45, 7) is 0.578. The molecule has 5 nitrogen and oxygen atoms in total. The van der Waals surface area contributed by atoms with Crippen LogP contribution in [0.25, 0.3) is 16.7 Å². The maximum atomic E-state index is 12.7. The smallest absolute Gasteiger partial charge is 0.422 e. The van der Waals surface area contributed by atoms with Gasteiger partial charge in [-0.3, -0.25) is 9.36 Å². The lowest BCUT2D eigenvalue weighted by molar-refractivity contribution is -0.153. The first kappa shape index (κ1) is 17.4. The van der Waals surface area contributed by atoms with Gasteiger partial charge in [-0.2, -0.15) is 13.2 Å². The Morgan fingerprint density at radius 3 is 2.60 bits per heavy atom. The van der Waals surface area contributed by atoms with E-state index in [1.807, 2.05) is 6.92 Å². The minimum atomic E-state index is -4.40. The van der Waals surface area contributed by atoms with Crippen molar-refractivity contribution in [3.8, 4) is 11.4 Å². The molecule has 0 saturated carbocycles. The van der Waals surface area contributed by atoms with E-state index in [1.165, 1.54) is 40.6 Å². The van der Waals surface area contributed by atoms with Crippen LogP contribution >= 0.6 is 11.8 Å². The molecule has 132 valence electrons.